The van der Waals surface area contributed by atoms with Crippen LogP contribution in [0.5, 0.6) is 0 Å². The van der Waals surface area contributed by atoms with Gasteiger partial charge in [0, 0.05) is 50.3 Å². The highest BCUT2D eigenvalue weighted by molar-refractivity contribution is 5.95. The summed E-state index contributed by atoms with van der Waals surface area (Å²) in [5.41, 5.74) is 1.28. The van der Waals surface area contributed by atoms with Gasteiger partial charge in [0.15, 0.2) is 0 Å². The second kappa shape index (κ2) is 7.68. The van der Waals surface area contributed by atoms with Crippen molar-refractivity contribution in [1.29, 1.82) is 0 Å². The van der Waals surface area contributed by atoms with Crippen molar-refractivity contribution in [3.63, 3.8) is 0 Å². The van der Waals surface area contributed by atoms with Crippen molar-refractivity contribution >= 4 is 23.4 Å². The Morgan fingerprint density at radius 3 is 2.16 bits per heavy atom. The van der Waals surface area contributed by atoms with E-state index >= 15 is 0 Å². The van der Waals surface area contributed by atoms with Gasteiger partial charge < -0.3 is 15.1 Å². The first kappa shape index (κ1) is 17.5. The molecule has 0 bridgehead atoms. The first-order chi connectivity index (χ1) is 12.0. The molecule has 1 aromatic rings. The summed E-state index contributed by atoms with van der Waals surface area (Å²) in [6, 6.07) is 6.93. The van der Waals surface area contributed by atoms with Crippen molar-refractivity contribution in [1.82, 2.24) is 9.80 Å². The first-order valence-electron chi connectivity index (χ1n) is 9.00. The van der Waals surface area contributed by atoms with Gasteiger partial charge in [-0.05, 0) is 43.5 Å². The second-order valence-corrected chi connectivity index (χ2v) is 6.86. The maximum Gasteiger partial charge on any atom is 0.253 e. The molecule has 1 aliphatic carbocycles. The van der Waals surface area contributed by atoms with Crippen LogP contribution in [0, 0.1) is 5.92 Å². The van der Waals surface area contributed by atoms with Crippen molar-refractivity contribution in [2.45, 2.75) is 32.6 Å². The summed E-state index contributed by atoms with van der Waals surface area (Å²) in [6.45, 7) is 4.05. The lowest BCUT2D eigenvalue weighted by atomic mass is 9.84. The zero-order valence-electron chi connectivity index (χ0n) is 14.7. The molecule has 25 heavy (non-hydrogen) atoms. The van der Waals surface area contributed by atoms with Crippen LogP contribution in [0.4, 0.5) is 5.69 Å². The normalized spacial score (nSPS) is 18.3. The van der Waals surface area contributed by atoms with Crippen LogP contribution >= 0.6 is 0 Å². The van der Waals surface area contributed by atoms with E-state index in [9.17, 15) is 14.4 Å². The van der Waals surface area contributed by atoms with Crippen LogP contribution in [0.25, 0.3) is 0 Å². The quantitative estimate of drug-likeness (QED) is 0.914. The maximum absolute atomic E-state index is 12.7. The highest BCUT2D eigenvalue weighted by Gasteiger charge is 2.31. The van der Waals surface area contributed by atoms with Gasteiger partial charge in [0.1, 0.15) is 0 Å². The van der Waals surface area contributed by atoms with Crippen LogP contribution in [0.15, 0.2) is 24.3 Å². The molecule has 0 atom stereocenters. The fourth-order valence-corrected chi connectivity index (χ4v) is 3.34. The Kier molecular flexibility index (Phi) is 5.36. The van der Waals surface area contributed by atoms with Gasteiger partial charge in [-0.25, -0.2) is 0 Å². The van der Waals surface area contributed by atoms with Gasteiger partial charge in [-0.2, -0.15) is 0 Å². The minimum atomic E-state index is -0.136. The third-order valence-electron chi connectivity index (χ3n) is 5.00. The predicted octanol–water partition coefficient (Wildman–Crippen LogP) is 2.12. The third kappa shape index (κ3) is 4.18. The molecule has 2 fully saturated rings. The molecule has 0 radical (unpaired) electrons. The van der Waals surface area contributed by atoms with Gasteiger partial charge in [-0.1, -0.05) is 6.42 Å². The van der Waals surface area contributed by atoms with Gasteiger partial charge >= 0.3 is 0 Å². The van der Waals surface area contributed by atoms with E-state index in [1.165, 1.54) is 6.92 Å². The number of hydrogen-bond acceptors (Lipinski definition) is 3. The van der Waals surface area contributed by atoms with Crippen molar-refractivity contribution in [2.75, 3.05) is 31.5 Å². The standard InChI is InChI=1S/C19H25N3O3/c1-14(23)20-17-8-6-16(7-9-17)19(25)22-11-3-10-21(12-13-22)18(24)15-4-2-5-15/h6-9,15H,2-5,10-13H2,1H3,(H,20,23). The average molecular weight is 343 g/mol. The van der Waals surface area contributed by atoms with Crippen molar-refractivity contribution in [3.05, 3.63) is 29.8 Å². The van der Waals surface area contributed by atoms with Gasteiger partial charge in [0.2, 0.25) is 11.8 Å². The predicted molar refractivity (Wildman–Crippen MR) is 95.2 cm³/mol. The van der Waals surface area contributed by atoms with E-state index in [-0.39, 0.29) is 23.6 Å². The van der Waals surface area contributed by atoms with E-state index in [4.69, 9.17) is 0 Å². The summed E-state index contributed by atoms with van der Waals surface area (Å²) in [5.74, 6) is 0.318. The zero-order valence-corrected chi connectivity index (χ0v) is 14.7. The summed E-state index contributed by atoms with van der Waals surface area (Å²) in [5, 5.41) is 2.69. The molecule has 0 unspecified atom stereocenters. The van der Waals surface area contributed by atoms with E-state index in [1.807, 2.05) is 9.80 Å². The van der Waals surface area contributed by atoms with E-state index in [0.717, 1.165) is 32.2 Å². The summed E-state index contributed by atoms with van der Waals surface area (Å²) < 4.78 is 0. The molecule has 134 valence electrons. The number of nitrogens with zero attached hydrogens (tertiary/aromatic N) is 2. The molecule has 1 saturated heterocycles. The van der Waals surface area contributed by atoms with Gasteiger partial charge in [0.05, 0.1) is 0 Å². The number of benzene rings is 1. The molecular weight excluding hydrogens is 318 g/mol. The Balaban J connectivity index is 1.58. The third-order valence-corrected chi connectivity index (χ3v) is 5.00. The number of hydrogen-bond donors (Lipinski definition) is 1. The van der Waals surface area contributed by atoms with Crippen molar-refractivity contribution in [3.8, 4) is 0 Å². The van der Waals surface area contributed by atoms with Gasteiger partial charge in [-0.15, -0.1) is 0 Å². The molecule has 0 aromatic heterocycles. The number of rotatable bonds is 3. The summed E-state index contributed by atoms with van der Waals surface area (Å²) in [6.07, 6.45) is 3.99. The van der Waals surface area contributed by atoms with Crippen LogP contribution in [0.3, 0.4) is 0 Å². The van der Waals surface area contributed by atoms with E-state index < -0.39 is 0 Å². The lowest BCUT2D eigenvalue weighted by molar-refractivity contribution is -0.138. The highest BCUT2D eigenvalue weighted by atomic mass is 16.2. The Bertz CT molecular complexity index is 652. The Labute approximate surface area is 148 Å². The minimum Gasteiger partial charge on any atom is -0.341 e. The zero-order chi connectivity index (χ0) is 17.8. The molecule has 1 saturated carbocycles. The molecule has 1 heterocycles. The maximum atomic E-state index is 12.7. The van der Waals surface area contributed by atoms with Crippen LogP contribution in [-0.2, 0) is 9.59 Å². The number of anilines is 1. The lowest BCUT2D eigenvalue weighted by Crippen LogP contribution is -2.41. The van der Waals surface area contributed by atoms with Gasteiger partial charge in [-0.3, -0.25) is 14.4 Å². The molecule has 6 heteroatoms. The summed E-state index contributed by atoms with van der Waals surface area (Å²) in [4.78, 5) is 39.9. The molecular formula is C19H25N3O3. The molecule has 1 aromatic carbocycles. The molecule has 3 amide bonds. The fraction of sp³-hybridized carbons (Fsp3) is 0.526. The van der Waals surface area contributed by atoms with Crippen LogP contribution < -0.4 is 5.32 Å². The Morgan fingerprint density at radius 2 is 1.56 bits per heavy atom. The average Bonchev–Trinajstić information content (AvgIpc) is 2.78. The van der Waals surface area contributed by atoms with Gasteiger partial charge in [0.25, 0.3) is 5.91 Å². The van der Waals surface area contributed by atoms with E-state index in [0.29, 0.717) is 30.9 Å². The molecule has 1 N–H and O–H groups in total. The van der Waals surface area contributed by atoms with Crippen LogP contribution in [-0.4, -0.2) is 53.7 Å². The Morgan fingerprint density at radius 1 is 0.920 bits per heavy atom. The monoisotopic (exact) mass is 343 g/mol. The second-order valence-electron chi connectivity index (χ2n) is 6.86. The first-order valence-corrected chi connectivity index (χ1v) is 9.00. The summed E-state index contributed by atoms with van der Waals surface area (Å²) >= 11 is 0. The number of carbonyl (C=O) groups is 3. The topological polar surface area (TPSA) is 69.7 Å². The number of carbonyl (C=O) groups excluding carboxylic acids is 3. The molecule has 0 spiro atoms. The number of amides is 3. The SMILES string of the molecule is CC(=O)Nc1ccc(C(=O)N2CCCN(C(=O)C3CCC3)CC2)cc1. The molecule has 6 nitrogen and oxygen atoms in total. The van der Waals surface area contributed by atoms with Crippen molar-refractivity contribution < 1.29 is 14.4 Å². The molecule has 3 rings (SSSR count). The minimum absolute atomic E-state index is 0.0210. The Hall–Kier alpha value is -2.37. The number of nitrogens with one attached hydrogen (secondary N) is 1. The van der Waals surface area contributed by atoms with E-state index in [1.54, 1.807) is 24.3 Å². The lowest BCUT2D eigenvalue weighted by Gasteiger charge is -2.31. The summed E-state index contributed by atoms with van der Waals surface area (Å²) in [7, 11) is 0. The smallest absolute Gasteiger partial charge is 0.253 e. The van der Waals surface area contributed by atoms with E-state index in [2.05, 4.69) is 5.32 Å². The fourth-order valence-electron chi connectivity index (χ4n) is 3.34. The highest BCUT2D eigenvalue weighted by Crippen LogP contribution is 2.28. The van der Waals surface area contributed by atoms with Crippen LogP contribution in [0.2, 0.25) is 0 Å². The van der Waals surface area contributed by atoms with Crippen molar-refractivity contribution in [2.24, 2.45) is 5.92 Å². The molecule has 2 aliphatic rings. The largest absolute Gasteiger partial charge is 0.341 e. The molecule has 1 aliphatic heterocycles. The van der Waals surface area contributed by atoms with Crippen LogP contribution in [0.1, 0.15) is 43.0 Å².